The lowest BCUT2D eigenvalue weighted by atomic mass is 10.3. The van der Waals surface area contributed by atoms with Crippen LogP contribution in [0, 0.1) is 0 Å². The average molecular weight is 341 g/mol. The molecule has 0 spiro atoms. The van der Waals surface area contributed by atoms with E-state index in [4.69, 9.17) is 4.42 Å². The van der Waals surface area contributed by atoms with Gasteiger partial charge in [-0.1, -0.05) is 0 Å². The number of hydrogen-bond acceptors (Lipinski definition) is 5. The first-order valence-electron chi connectivity index (χ1n) is 8.06. The zero-order valence-electron chi connectivity index (χ0n) is 13.1. The molecule has 128 valence electrons. The fourth-order valence-electron chi connectivity index (χ4n) is 2.79. The van der Waals surface area contributed by atoms with Crippen LogP contribution in [0.3, 0.4) is 0 Å². The van der Waals surface area contributed by atoms with E-state index in [2.05, 4.69) is 5.32 Å². The van der Waals surface area contributed by atoms with Crippen molar-refractivity contribution in [3.63, 3.8) is 0 Å². The predicted molar refractivity (Wildman–Crippen MR) is 85.1 cm³/mol. The molecule has 7 nitrogen and oxygen atoms in total. The van der Waals surface area contributed by atoms with Crippen LogP contribution in [0.5, 0.6) is 0 Å². The average Bonchev–Trinajstić information content (AvgIpc) is 3.29. The van der Waals surface area contributed by atoms with E-state index >= 15 is 0 Å². The van der Waals surface area contributed by atoms with Crippen molar-refractivity contribution in [2.75, 3.05) is 32.7 Å². The second-order valence-corrected chi connectivity index (χ2v) is 8.34. The lowest BCUT2D eigenvalue weighted by molar-refractivity contribution is -0.122. The van der Waals surface area contributed by atoms with Crippen LogP contribution < -0.4 is 5.32 Å². The van der Waals surface area contributed by atoms with E-state index in [1.54, 1.807) is 16.6 Å². The van der Waals surface area contributed by atoms with Gasteiger partial charge in [-0.3, -0.25) is 9.69 Å². The highest BCUT2D eigenvalue weighted by Gasteiger charge is 2.40. The highest BCUT2D eigenvalue weighted by atomic mass is 32.2. The minimum absolute atomic E-state index is 0.0695. The van der Waals surface area contributed by atoms with E-state index in [1.807, 2.05) is 11.0 Å². The van der Waals surface area contributed by atoms with E-state index < -0.39 is 10.0 Å². The fourth-order valence-corrected chi connectivity index (χ4v) is 4.67. The van der Waals surface area contributed by atoms with E-state index in [9.17, 15) is 13.2 Å². The molecule has 3 rings (SSSR count). The van der Waals surface area contributed by atoms with Gasteiger partial charge in [-0.05, 0) is 37.9 Å². The molecule has 23 heavy (non-hydrogen) atoms. The highest BCUT2D eigenvalue weighted by Crippen LogP contribution is 2.31. The maximum atomic E-state index is 12.3. The van der Waals surface area contributed by atoms with Crippen molar-refractivity contribution in [3.05, 3.63) is 24.2 Å². The molecule has 1 aromatic rings. The molecule has 0 radical (unpaired) electrons. The minimum Gasteiger partial charge on any atom is -0.467 e. The molecular formula is C15H23N3O4S. The van der Waals surface area contributed by atoms with Crippen molar-refractivity contribution in [2.24, 2.45) is 0 Å². The van der Waals surface area contributed by atoms with E-state index in [0.29, 0.717) is 26.2 Å². The second-order valence-electron chi connectivity index (χ2n) is 6.13. The van der Waals surface area contributed by atoms with Crippen molar-refractivity contribution < 1.29 is 17.6 Å². The fraction of sp³-hybridized carbons (Fsp3) is 0.667. The number of nitrogens with one attached hydrogen (secondary N) is 1. The summed E-state index contributed by atoms with van der Waals surface area (Å²) >= 11 is 0. The molecular weight excluding hydrogens is 318 g/mol. The molecule has 0 unspecified atom stereocenters. The van der Waals surface area contributed by atoms with Crippen LogP contribution in [0.4, 0.5) is 0 Å². The molecule has 1 N–H and O–H groups in total. The van der Waals surface area contributed by atoms with Crippen LogP contribution >= 0.6 is 0 Å². The van der Waals surface area contributed by atoms with Crippen molar-refractivity contribution >= 4 is 15.9 Å². The van der Waals surface area contributed by atoms with Gasteiger partial charge in [0.15, 0.2) is 0 Å². The van der Waals surface area contributed by atoms with E-state index in [0.717, 1.165) is 31.6 Å². The Bertz CT molecular complexity index is 625. The van der Waals surface area contributed by atoms with E-state index in [1.165, 1.54) is 0 Å². The summed E-state index contributed by atoms with van der Waals surface area (Å²) in [4.78, 5) is 14.0. The zero-order chi connectivity index (χ0) is 16.3. The van der Waals surface area contributed by atoms with Gasteiger partial charge in [0.1, 0.15) is 5.76 Å². The number of sulfonamides is 1. The molecule has 8 heteroatoms. The lowest BCUT2D eigenvalue weighted by Crippen LogP contribution is -2.40. The maximum absolute atomic E-state index is 12.3. The van der Waals surface area contributed by atoms with Gasteiger partial charge in [-0.15, -0.1) is 0 Å². The highest BCUT2D eigenvalue weighted by molar-refractivity contribution is 7.90. The number of amides is 1. The topological polar surface area (TPSA) is 82.9 Å². The molecule has 0 bridgehead atoms. The van der Waals surface area contributed by atoms with Gasteiger partial charge in [0.25, 0.3) is 0 Å². The Hall–Kier alpha value is -1.38. The Kier molecular flexibility index (Phi) is 5.03. The number of carbonyl (C=O) groups excluding carboxylic acids is 1. The van der Waals surface area contributed by atoms with Crippen LogP contribution in [0.1, 0.15) is 25.0 Å². The van der Waals surface area contributed by atoms with Crippen LogP contribution in [-0.4, -0.2) is 61.5 Å². The van der Waals surface area contributed by atoms with Gasteiger partial charge < -0.3 is 9.73 Å². The summed E-state index contributed by atoms with van der Waals surface area (Å²) in [5.41, 5.74) is 0. The molecule has 2 fully saturated rings. The molecule has 1 saturated carbocycles. The lowest BCUT2D eigenvalue weighted by Gasteiger charge is -2.21. The Balaban J connectivity index is 1.45. The first-order valence-corrected chi connectivity index (χ1v) is 9.56. The van der Waals surface area contributed by atoms with Crippen LogP contribution in [0.2, 0.25) is 0 Å². The molecule has 1 aromatic heterocycles. The monoisotopic (exact) mass is 341 g/mol. The molecule has 1 amide bonds. The second kappa shape index (κ2) is 7.02. The number of furan rings is 1. The summed E-state index contributed by atoms with van der Waals surface area (Å²) in [7, 11) is -3.11. The maximum Gasteiger partial charge on any atom is 0.234 e. The first-order chi connectivity index (χ1) is 11.1. The van der Waals surface area contributed by atoms with Crippen molar-refractivity contribution in [3.8, 4) is 0 Å². The molecule has 1 aliphatic heterocycles. The standard InChI is InChI=1S/C15H23N3O4S/c19-15(16-11-13-3-1-10-22-13)12-17-6-2-7-18(9-8-17)23(20,21)14-4-5-14/h1,3,10,14H,2,4-9,11-12H2,(H,16,19). The molecule has 1 saturated heterocycles. The van der Waals surface area contributed by atoms with Gasteiger partial charge in [-0.25, -0.2) is 12.7 Å². The quantitative estimate of drug-likeness (QED) is 0.810. The summed E-state index contributed by atoms with van der Waals surface area (Å²) in [5.74, 6) is 0.649. The van der Waals surface area contributed by atoms with E-state index in [-0.39, 0.29) is 17.7 Å². The van der Waals surface area contributed by atoms with Gasteiger partial charge in [0.2, 0.25) is 15.9 Å². The van der Waals surface area contributed by atoms with Crippen LogP contribution in [0.25, 0.3) is 0 Å². The molecule has 2 aliphatic rings. The van der Waals surface area contributed by atoms with Gasteiger partial charge in [-0.2, -0.15) is 0 Å². The third-order valence-electron chi connectivity index (χ3n) is 4.26. The predicted octanol–water partition coefficient (Wildman–Crippen LogP) is 0.396. The van der Waals surface area contributed by atoms with Crippen LogP contribution in [0.15, 0.2) is 22.8 Å². The number of nitrogens with zero attached hydrogens (tertiary/aromatic N) is 2. The molecule has 0 atom stereocenters. The summed E-state index contributed by atoms with van der Waals surface area (Å²) in [5, 5.41) is 2.65. The smallest absolute Gasteiger partial charge is 0.234 e. The zero-order valence-corrected chi connectivity index (χ0v) is 13.9. The Morgan fingerprint density at radius 3 is 2.78 bits per heavy atom. The number of rotatable bonds is 6. The first kappa shape index (κ1) is 16.5. The van der Waals surface area contributed by atoms with Crippen molar-refractivity contribution in [1.82, 2.24) is 14.5 Å². The molecule has 1 aliphatic carbocycles. The normalized spacial score (nSPS) is 21.0. The molecule has 0 aromatic carbocycles. The Morgan fingerprint density at radius 1 is 1.26 bits per heavy atom. The minimum atomic E-state index is -3.11. The van der Waals surface area contributed by atoms with Gasteiger partial charge in [0.05, 0.1) is 24.6 Å². The summed E-state index contributed by atoms with van der Waals surface area (Å²) < 4.78 is 31.3. The summed E-state index contributed by atoms with van der Waals surface area (Å²) in [6, 6.07) is 3.60. The van der Waals surface area contributed by atoms with Crippen molar-refractivity contribution in [2.45, 2.75) is 31.1 Å². The van der Waals surface area contributed by atoms with Gasteiger partial charge >= 0.3 is 0 Å². The third-order valence-corrected chi connectivity index (χ3v) is 6.66. The van der Waals surface area contributed by atoms with Crippen molar-refractivity contribution in [1.29, 1.82) is 0 Å². The number of carbonyl (C=O) groups is 1. The van der Waals surface area contributed by atoms with Gasteiger partial charge in [0, 0.05) is 19.6 Å². The number of hydrogen-bond donors (Lipinski definition) is 1. The SMILES string of the molecule is O=C(CN1CCCN(S(=O)(=O)C2CC2)CC1)NCc1ccco1. The summed E-state index contributed by atoms with van der Waals surface area (Å²) in [6.07, 6.45) is 3.91. The largest absolute Gasteiger partial charge is 0.467 e. The summed E-state index contributed by atoms with van der Waals surface area (Å²) in [6.45, 7) is 3.04. The Labute approximate surface area is 136 Å². The Morgan fingerprint density at radius 2 is 2.09 bits per heavy atom. The third kappa shape index (κ3) is 4.33. The van der Waals surface area contributed by atoms with Crippen LogP contribution in [-0.2, 0) is 21.4 Å². The molecule has 2 heterocycles.